The summed E-state index contributed by atoms with van der Waals surface area (Å²) >= 11 is 0. The molecule has 1 saturated carbocycles. The van der Waals surface area contributed by atoms with Crippen molar-refractivity contribution < 1.29 is 14.0 Å². The van der Waals surface area contributed by atoms with Gasteiger partial charge in [0, 0.05) is 5.56 Å². The average molecular weight is 343 g/mol. The fourth-order valence-electron chi connectivity index (χ4n) is 3.59. The molecule has 1 saturated heterocycles. The van der Waals surface area contributed by atoms with Gasteiger partial charge in [-0.25, -0.2) is 13.9 Å². The number of imide groups is 1. The Hall–Kier alpha value is -2.77. The second kappa shape index (κ2) is 5.94. The van der Waals surface area contributed by atoms with Crippen LogP contribution in [0, 0.1) is 5.82 Å². The number of hydrogen-bond donors (Lipinski definition) is 1. The highest BCUT2D eigenvalue weighted by atomic mass is 19.1. The van der Waals surface area contributed by atoms with E-state index in [1.807, 2.05) is 0 Å². The van der Waals surface area contributed by atoms with Gasteiger partial charge in [0.2, 0.25) is 0 Å². The van der Waals surface area contributed by atoms with Crippen LogP contribution in [0.25, 0.3) is 0 Å². The molecule has 1 aromatic heterocycles. The smallest absolute Gasteiger partial charge is 0.323 e. The first kappa shape index (κ1) is 15.7. The molecule has 2 fully saturated rings. The molecule has 25 heavy (non-hydrogen) atoms. The molecule has 1 spiro atoms. The van der Waals surface area contributed by atoms with Crippen molar-refractivity contribution in [2.45, 2.75) is 44.3 Å². The Morgan fingerprint density at radius 3 is 2.68 bits per heavy atom. The van der Waals surface area contributed by atoms with E-state index in [-0.39, 0.29) is 30.8 Å². The van der Waals surface area contributed by atoms with Crippen LogP contribution >= 0.6 is 0 Å². The first-order chi connectivity index (χ1) is 12.1. The molecule has 1 aliphatic heterocycles. The lowest BCUT2D eigenvalue weighted by Crippen LogP contribution is -2.44. The van der Waals surface area contributed by atoms with Gasteiger partial charge in [0.05, 0.1) is 19.3 Å². The van der Waals surface area contributed by atoms with Crippen LogP contribution < -0.4 is 5.32 Å². The Morgan fingerprint density at radius 2 is 1.92 bits per heavy atom. The molecule has 2 aromatic rings. The average Bonchev–Trinajstić information content (AvgIpc) is 3.28. The third-order valence-electron chi connectivity index (χ3n) is 4.90. The number of hydrogen-bond acceptors (Lipinski definition) is 4. The summed E-state index contributed by atoms with van der Waals surface area (Å²) in [7, 11) is 0. The quantitative estimate of drug-likeness (QED) is 0.859. The number of aromatic nitrogens is 3. The number of nitrogens with zero attached hydrogens (tertiary/aromatic N) is 4. The first-order valence-corrected chi connectivity index (χ1v) is 8.34. The highest BCUT2D eigenvalue weighted by Gasteiger charge is 2.52. The molecule has 3 amide bonds. The molecule has 1 N–H and O–H groups in total. The SMILES string of the molecule is O=C1NC2(CCCC2)C(=O)N1Cc1cn(Cc2ccccc2F)nn1. The zero-order valence-electron chi connectivity index (χ0n) is 13.6. The third kappa shape index (κ3) is 2.77. The van der Waals surface area contributed by atoms with Crippen molar-refractivity contribution in [1.29, 1.82) is 0 Å². The summed E-state index contributed by atoms with van der Waals surface area (Å²) in [6.45, 7) is 0.313. The topological polar surface area (TPSA) is 80.1 Å². The molecule has 0 radical (unpaired) electrons. The molecule has 8 heteroatoms. The molecule has 130 valence electrons. The van der Waals surface area contributed by atoms with Crippen molar-refractivity contribution >= 4 is 11.9 Å². The van der Waals surface area contributed by atoms with Crippen LogP contribution in [0.15, 0.2) is 30.5 Å². The highest BCUT2D eigenvalue weighted by Crippen LogP contribution is 2.35. The van der Waals surface area contributed by atoms with Gasteiger partial charge in [0.25, 0.3) is 5.91 Å². The first-order valence-electron chi connectivity index (χ1n) is 8.34. The Kier molecular flexibility index (Phi) is 3.74. The molecule has 2 aliphatic rings. The second-order valence-electron chi connectivity index (χ2n) is 6.61. The largest absolute Gasteiger partial charge is 0.325 e. The van der Waals surface area contributed by atoms with Crippen LogP contribution in [0.2, 0.25) is 0 Å². The molecular weight excluding hydrogens is 325 g/mol. The van der Waals surface area contributed by atoms with Crippen molar-refractivity contribution in [3.8, 4) is 0 Å². The third-order valence-corrected chi connectivity index (χ3v) is 4.90. The van der Waals surface area contributed by atoms with Gasteiger partial charge in [-0.2, -0.15) is 0 Å². The molecule has 0 unspecified atom stereocenters. The second-order valence-corrected chi connectivity index (χ2v) is 6.61. The lowest BCUT2D eigenvalue weighted by atomic mass is 9.98. The summed E-state index contributed by atoms with van der Waals surface area (Å²) in [5.74, 6) is -0.490. The molecule has 4 rings (SSSR count). The van der Waals surface area contributed by atoms with E-state index in [1.165, 1.54) is 15.6 Å². The van der Waals surface area contributed by atoms with E-state index in [2.05, 4.69) is 15.6 Å². The van der Waals surface area contributed by atoms with Gasteiger partial charge in [0.1, 0.15) is 17.1 Å². The van der Waals surface area contributed by atoms with Crippen molar-refractivity contribution in [3.63, 3.8) is 0 Å². The van der Waals surface area contributed by atoms with Crippen LogP contribution in [0.5, 0.6) is 0 Å². The molecule has 1 aliphatic carbocycles. The minimum Gasteiger partial charge on any atom is -0.323 e. The standard InChI is InChI=1S/C17H18FN5O2/c18-14-6-2-1-5-12(14)9-22-10-13(20-21-22)11-23-15(24)17(19-16(23)25)7-3-4-8-17/h1-2,5-6,10H,3-4,7-9,11H2,(H,19,25). The maximum absolute atomic E-state index is 13.7. The summed E-state index contributed by atoms with van der Waals surface area (Å²) in [6, 6.07) is 6.07. The fraction of sp³-hybridized carbons (Fsp3) is 0.412. The van der Waals surface area contributed by atoms with Gasteiger partial charge in [-0.05, 0) is 18.9 Å². The van der Waals surface area contributed by atoms with E-state index in [1.54, 1.807) is 24.4 Å². The van der Waals surface area contributed by atoms with Gasteiger partial charge in [-0.15, -0.1) is 5.10 Å². The van der Waals surface area contributed by atoms with Gasteiger partial charge in [-0.1, -0.05) is 36.3 Å². The summed E-state index contributed by atoms with van der Waals surface area (Å²) in [6.07, 6.45) is 4.89. The fourth-order valence-corrected chi connectivity index (χ4v) is 3.59. The van der Waals surface area contributed by atoms with Gasteiger partial charge >= 0.3 is 6.03 Å². The summed E-state index contributed by atoms with van der Waals surface area (Å²) < 4.78 is 15.2. The molecular formula is C17H18FN5O2. The number of carbonyl (C=O) groups excluding carboxylic acids is 2. The zero-order valence-corrected chi connectivity index (χ0v) is 13.6. The lowest BCUT2D eigenvalue weighted by Gasteiger charge is -2.19. The predicted molar refractivity (Wildman–Crippen MR) is 85.8 cm³/mol. The Labute approximate surface area is 143 Å². The molecule has 1 aromatic carbocycles. The maximum atomic E-state index is 13.7. The van der Waals surface area contributed by atoms with Gasteiger partial charge in [0.15, 0.2) is 0 Å². The Morgan fingerprint density at radius 1 is 1.16 bits per heavy atom. The van der Waals surface area contributed by atoms with E-state index in [9.17, 15) is 14.0 Å². The Balaban J connectivity index is 1.47. The Bertz CT molecular complexity index is 828. The number of amides is 3. The number of carbonyl (C=O) groups is 2. The van der Waals surface area contributed by atoms with E-state index >= 15 is 0 Å². The minimum absolute atomic E-state index is 0.0731. The normalized spacial score (nSPS) is 19.0. The molecule has 0 bridgehead atoms. The van der Waals surface area contributed by atoms with Crippen molar-refractivity contribution in [3.05, 3.63) is 47.5 Å². The molecule has 7 nitrogen and oxygen atoms in total. The number of rotatable bonds is 4. The van der Waals surface area contributed by atoms with E-state index in [4.69, 9.17) is 0 Å². The van der Waals surface area contributed by atoms with Gasteiger partial charge in [-0.3, -0.25) is 9.69 Å². The van der Waals surface area contributed by atoms with Crippen molar-refractivity contribution in [1.82, 2.24) is 25.2 Å². The molecule has 0 atom stereocenters. The molecule has 2 heterocycles. The summed E-state index contributed by atoms with van der Waals surface area (Å²) in [5, 5.41) is 10.8. The van der Waals surface area contributed by atoms with Crippen molar-refractivity contribution in [2.24, 2.45) is 0 Å². The van der Waals surface area contributed by atoms with E-state index in [0.717, 1.165) is 12.8 Å². The van der Waals surface area contributed by atoms with Crippen LogP contribution in [0.4, 0.5) is 9.18 Å². The number of urea groups is 1. The number of benzene rings is 1. The van der Waals surface area contributed by atoms with Crippen LogP contribution in [-0.2, 0) is 17.9 Å². The zero-order chi connectivity index (χ0) is 17.4. The lowest BCUT2D eigenvalue weighted by molar-refractivity contribution is -0.131. The predicted octanol–water partition coefficient (Wildman–Crippen LogP) is 1.83. The summed E-state index contributed by atoms with van der Waals surface area (Å²) in [5.41, 5.74) is 0.272. The van der Waals surface area contributed by atoms with E-state index < -0.39 is 5.54 Å². The van der Waals surface area contributed by atoms with Crippen LogP contribution in [0.1, 0.15) is 36.9 Å². The maximum Gasteiger partial charge on any atom is 0.325 e. The van der Waals surface area contributed by atoms with Crippen LogP contribution in [-0.4, -0.2) is 37.4 Å². The van der Waals surface area contributed by atoms with E-state index in [0.29, 0.717) is 24.1 Å². The number of nitrogens with one attached hydrogen (secondary N) is 1. The number of halogens is 1. The van der Waals surface area contributed by atoms with Crippen molar-refractivity contribution in [2.75, 3.05) is 0 Å². The minimum atomic E-state index is -0.722. The van der Waals surface area contributed by atoms with Crippen LogP contribution in [0.3, 0.4) is 0 Å². The monoisotopic (exact) mass is 343 g/mol. The summed E-state index contributed by atoms with van der Waals surface area (Å²) in [4.78, 5) is 26.0. The highest BCUT2D eigenvalue weighted by molar-refractivity contribution is 6.07. The van der Waals surface area contributed by atoms with Gasteiger partial charge < -0.3 is 5.32 Å².